The molecular weight excluding hydrogens is 262 g/mol. The molecular formula is C18H21NS. The minimum Gasteiger partial charge on any atom is -0.297 e. The first-order valence-corrected chi connectivity index (χ1v) is 7.62. The van der Waals surface area contributed by atoms with Crippen molar-refractivity contribution < 1.29 is 0 Å². The summed E-state index contributed by atoms with van der Waals surface area (Å²) in [4.78, 5) is 6.70. The fourth-order valence-corrected chi connectivity index (χ4v) is 2.99. The van der Waals surface area contributed by atoms with Crippen molar-refractivity contribution in [3.8, 4) is 10.4 Å². The quantitative estimate of drug-likeness (QED) is 0.666. The Morgan fingerprint density at radius 1 is 1.10 bits per heavy atom. The molecule has 0 aliphatic carbocycles. The summed E-state index contributed by atoms with van der Waals surface area (Å²) < 4.78 is 0. The third-order valence-corrected chi connectivity index (χ3v) is 4.60. The molecule has 104 valence electrons. The molecule has 1 nitrogen and oxygen atoms in total. The summed E-state index contributed by atoms with van der Waals surface area (Å²) >= 11 is 1.88. The second kappa shape index (κ2) is 6.19. The van der Waals surface area contributed by atoms with E-state index in [0.717, 1.165) is 0 Å². The maximum atomic E-state index is 3.95. The van der Waals surface area contributed by atoms with E-state index in [1.54, 1.807) is 13.3 Å². The lowest BCUT2D eigenvalue weighted by Gasteiger charge is -2.15. The number of allylic oxidation sites excluding steroid dienone is 1. The molecule has 0 radical (unpaired) electrons. The maximum Gasteiger partial charge on any atom is 0.0346 e. The predicted molar refractivity (Wildman–Crippen MR) is 91.9 cm³/mol. The highest BCUT2D eigenvalue weighted by Gasteiger charge is 2.16. The van der Waals surface area contributed by atoms with E-state index in [9.17, 15) is 0 Å². The van der Waals surface area contributed by atoms with Crippen LogP contribution in [0.3, 0.4) is 0 Å². The van der Waals surface area contributed by atoms with Crippen molar-refractivity contribution in [3.05, 3.63) is 52.9 Å². The fourth-order valence-electron chi connectivity index (χ4n) is 1.93. The Hall–Kier alpha value is -1.67. The molecule has 0 saturated heterocycles. The van der Waals surface area contributed by atoms with E-state index in [1.165, 1.54) is 20.9 Å². The van der Waals surface area contributed by atoms with Crippen LogP contribution in [0.2, 0.25) is 0 Å². The molecule has 0 bridgehead atoms. The molecule has 0 spiro atoms. The molecule has 0 aliphatic rings. The zero-order chi connectivity index (χ0) is 14.6. The van der Waals surface area contributed by atoms with Gasteiger partial charge in [-0.15, -0.1) is 11.3 Å². The van der Waals surface area contributed by atoms with Crippen molar-refractivity contribution in [2.75, 3.05) is 7.05 Å². The summed E-state index contributed by atoms with van der Waals surface area (Å²) in [6.45, 7) is 6.77. The van der Waals surface area contributed by atoms with Gasteiger partial charge in [-0.1, -0.05) is 45.0 Å². The lowest BCUT2D eigenvalue weighted by Crippen LogP contribution is -2.07. The normalized spacial score (nSPS) is 12.6. The van der Waals surface area contributed by atoms with E-state index in [1.807, 2.05) is 17.4 Å². The van der Waals surface area contributed by atoms with Gasteiger partial charge < -0.3 is 0 Å². The van der Waals surface area contributed by atoms with Crippen molar-refractivity contribution in [2.45, 2.75) is 26.2 Å². The second-order valence-corrected chi connectivity index (χ2v) is 6.89. The van der Waals surface area contributed by atoms with Gasteiger partial charge in [0.05, 0.1) is 0 Å². The molecule has 0 unspecified atom stereocenters. The van der Waals surface area contributed by atoms with Crippen LogP contribution in [-0.4, -0.2) is 13.3 Å². The molecule has 1 heterocycles. The van der Waals surface area contributed by atoms with Gasteiger partial charge >= 0.3 is 0 Å². The van der Waals surface area contributed by atoms with Crippen LogP contribution in [0.1, 0.15) is 31.2 Å². The minimum absolute atomic E-state index is 0.220. The highest BCUT2D eigenvalue weighted by Crippen LogP contribution is 2.35. The Morgan fingerprint density at radius 2 is 1.90 bits per heavy atom. The molecule has 0 saturated carbocycles. The van der Waals surface area contributed by atoms with Crippen molar-refractivity contribution in [3.63, 3.8) is 0 Å². The molecule has 0 aliphatic heterocycles. The van der Waals surface area contributed by atoms with Crippen molar-refractivity contribution in [1.29, 1.82) is 0 Å². The molecule has 0 N–H and O–H groups in total. The van der Waals surface area contributed by atoms with Crippen molar-refractivity contribution >= 4 is 23.6 Å². The first-order chi connectivity index (χ1) is 9.50. The first-order valence-electron chi connectivity index (χ1n) is 6.80. The average molecular weight is 283 g/mol. The number of rotatable bonds is 3. The monoisotopic (exact) mass is 283 g/mol. The van der Waals surface area contributed by atoms with Crippen LogP contribution in [-0.2, 0) is 5.41 Å². The Morgan fingerprint density at radius 3 is 2.55 bits per heavy atom. The van der Waals surface area contributed by atoms with E-state index in [2.05, 4.69) is 68.2 Å². The van der Waals surface area contributed by atoms with Crippen LogP contribution in [0, 0.1) is 0 Å². The third-order valence-electron chi connectivity index (χ3n) is 3.04. The van der Waals surface area contributed by atoms with Gasteiger partial charge in [0, 0.05) is 23.0 Å². The number of thiophene rings is 1. The van der Waals surface area contributed by atoms with E-state index >= 15 is 0 Å². The highest BCUT2D eigenvalue weighted by molar-refractivity contribution is 7.15. The number of hydrogen-bond acceptors (Lipinski definition) is 2. The molecule has 1 aromatic carbocycles. The molecule has 2 rings (SSSR count). The van der Waals surface area contributed by atoms with Crippen LogP contribution in [0.5, 0.6) is 0 Å². The summed E-state index contributed by atoms with van der Waals surface area (Å²) in [5, 5.41) is 0. The lowest BCUT2D eigenvalue weighted by molar-refractivity contribution is 0.604. The van der Waals surface area contributed by atoms with E-state index in [0.29, 0.717) is 0 Å². The molecule has 0 amide bonds. The van der Waals surface area contributed by atoms with Crippen molar-refractivity contribution in [1.82, 2.24) is 0 Å². The molecule has 0 fully saturated rings. The highest BCUT2D eigenvalue weighted by atomic mass is 32.1. The predicted octanol–water partition coefficient (Wildman–Crippen LogP) is 5.43. The number of benzene rings is 1. The largest absolute Gasteiger partial charge is 0.297 e. The SMILES string of the molecule is CN=C/C=C/c1cccc(-c2ccc(C(C)(C)C)s2)c1. The summed E-state index contributed by atoms with van der Waals surface area (Å²) in [5.41, 5.74) is 2.70. The van der Waals surface area contributed by atoms with Gasteiger partial charge in [-0.2, -0.15) is 0 Å². The summed E-state index contributed by atoms with van der Waals surface area (Å²) in [5.74, 6) is 0. The number of aliphatic imine (C=N–C) groups is 1. The zero-order valence-electron chi connectivity index (χ0n) is 12.6. The number of hydrogen-bond donors (Lipinski definition) is 0. The number of nitrogens with zero attached hydrogens (tertiary/aromatic N) is 1. The molecule has 2 aromatic rings. The lowest BCUT2D eigenvalue weighted by atomic mass is 9.95. The van der Waals surface area contributed by atoms with E-state index in [-0.39, 0.29) is 5.41 Å². The van der Waals surface area contributed by atoms with E-state index < -0.39 is 0 Å². The maximum absolute atomic E-state index is 3.95. The molecule has 20 heavy (non-hydrogen) atoms. The van der Waals surface area contributed by atoms with Gasteiger partial charge in [0.2, 0.25) is 0 Å². The van der Waals surface area contributed by atoms with Gasteiger partial charge in [0.1, 0.15) is 0 Å². The second-order valence-electron chi connectivity index (χ2n) is 5.81. The van der Waals surface area contributed by atoms with E-state index in [4.69, 9.17) is 0 Å². The van der Waals surface area contributed by atoms with Crippen LogP contribution >= 0.6 is 11.3 Å². The van der Waals surface area contributed by atoms with Gasteiger partial charge in [0.25, 0.3) is 0 Å². The topological polar surface area (TPSA) is 12.4 Å². The summed E-state index contributed by atoms with van der Waals surface area (Å²) in [6.07, 6.45) is 5.85. The Kier molecular flexibility index (Phi) is 4.56. The standard InChI is InChI=1S/C18H21NS/c1-18(2,3)17-11-10-16(20-17)15-9-5-7-14(13-15)8-6-12-19-4/h5-13H,1-4H3/b8-6+,19-12?. The zero-order valence-corrected chi connectivity index (χ0v) is 13.4. The minimum atomic E-state index is 0.220. The van der Waals surface area contributed by atoms with Crippen LogP contribution in [0.25, 0.3) is 16.5 Å². The molecule has 2 heteroatoms. The molecule has 0 atom stereocenters. The summed E-state index contributed by atoms with van der Waals surface area (Å²) in [7, 11) is 1.78. The van der Waals surface area contributed by atoms with Gasteiger partial charge in [-0.05, 0) is 40.8 Å². The smallest absolute Gasteiger partial charge is 0.0346 e. The Bertz CT molecular complexity index is 627. The third kappa shape index (κ3) is 3.67. The Labute approximate surface area is 125 Å². The van der Waals surface area contributed by atoms with Crippen LogP contribution < -0.4 is 0 Å². The van der Waals surface area contributed by atoms with Gasteiger partial charge in [-0.3, -0.25) is 4.99 Å². The van der Waals surface area contributed by atoms with Crippen LogP contribution in [0.15, 0.2) is 47.5 Å². The van der Waals surface area contributed by atoms with Crippen LogP contribution in [0.4, 0.5) is 0 Å². The van der Waals surface area contributed by atoms with Gasteiger partial charge in [-0.25, -0.2) is 0 Å². The Balaban J connectivity index is 2.29. The average Bonchev–Trinajstić information content (AvgIpc) is 2.89. The van der Waals surface area contributed by atoms with Gasteiger partial charge in [0.15, 0.2) is 0 Å². The first kappa shape index (κ1) is 14.7. The van der Waals surface area contributed by atoms with Crippen molar-refractivity contribution in [2.24, 2.45) is 4.99 Å². The molecule has 1 aromatic heterocycles. The fraction of sp³-hybridized carbons (Fsp3) is 0.278. The summed E-state index contributed by atoms with van der Waals surface area (Å²) in [6, 6.07) is 13.1.